The molecule has 0 aliphatic carbocycles. The number of ether oxygens (including phenoxy) is 1. The Labute approximate surface area is 121 Å². The Bertz CT molecular complexity index is 781. The Balaban J connectivity index is 2.01. The lowest BCUT2D eigenvalue weighted by Crippen LogP contribution is -1.91. The summed E-state index contributed by atoms with van der Waals surface area (Å²) < 4.78 is 5.77. The second-order valence-electron chi connectivity index (χ2n) is 4.38. The number of aldehydes is 1. The van der Waals surface area contributed by atoms with Crippen LogP contribution in [0.3, 0.4) is 0 Å². The van der Waals surface area contributed by atoms with E-state index in [1.807, 2.05) is 42.5 Å². The fourth-order valence-electron chi connectivity index (χ4n) is 2.08. The van der Waals surface area contributed by atoms with Crippen LogP contribution in [0.15, 0.2) is 60.7 Å². The van der Waals surface area contributed by atoms with Gasteiger partial charge < -0.3 is 4.74 Å². The van der Waals surface area contributed by atoms with Gasteiger partial charge in [0, 0.05) is 0 Å². The SMILES string of the molecule is O=Cc1c(Cl)cccc1Oc1ccc2ccccc2c1. The van der Waals surface area contributed by atoms with Crippen LogP contribution in [-0.2, 0) is 0 Å². The Kier molecular flexibility index (Phi) is 3.40. The molecule has 0 amide bonds. The molecule has 0 saturated carbocycles. The number of carbonyl (C=O) groups excluding carboxylic acids is 1. The zero-order valence-corrected chi connectivity index (χ0v) is 11.3. The molecule has 0 saturated heterocycles. The van der Waals surface area contributed by atoms with Crippen LogP contribution in [0.25, 0.3) is 10.8 Å². The van der Waals surface area contributed by atoms with E-state index in [0.717, 1.165) is 10.8 Å². The number of rotatable bonds is 3. The molecule has 0 heterocycles. The van der Waals surface area contributed by atoms with Gasteiger partial charge in [0.2, 0.25) is 0 Å². The molecule has 0 aliphatic heterocycles. The Morgan fingerprint density at radius 2 is 1.70 bits per heavy atom. The van der Waals surface area contributed by atoms with Crippen molar-refractivity contribution < 1.29 is 9.53 Å². The Hall–Kier alpha value is -2.32. The molecule has 98 valence electrons. The third-order valence-corrected chi connectivity index (χ3v) is 3.41. The predicted molar refractivity (Wildman–Crippen MR) is 80.9 cm³/mol. The lowest BCUT2D eigenvalue weighted by molar-refractivity contribution is 0.112. The average molecular weight is 283 g/mol. The van der Waals surface area contributed by atoms with Crippen molar-refractivity contribution >= 4 is 28.7 Å². The molecule has 3 rings (SSSR count). The molecule has 0 N–H and O–H groups in total. The fraction of sp³-hybridized carbons (Fsp3) is 0. The van der Waals surface area contributed by atoms with E-state index in [1.54, 1.807) is 18.2 Å². The predicted octanol–water partition coefficient (Wildman–Crippen LogP) is 5.10. The summed E-state index contributed by atoms with van der Waals surface area (Å²) in [6, 6.07) is 19.0. The van der Waals surface area contributed by atoms with Crippen molar-refractivity contribution in [1.82, 2.24) is 0 Å². The van der Waals surface area contributed by atoms with Crippen molar-refractivity contribution in [2.45, 2.75) is 0 Å². The summed E-state index contributed by atoms with van der Waals surface area (Å²) in [6.45, 7) is 0. The maximum atomic E-state index is 11.1. The lowest BCUT2D eigenvalue weighted by Gasteiger charge is -2.09. The van der Waals surface area contributed by atoms with Crippen molar-refractivity contribution in [2.75, 3.05) is 0 Å². The highest BCUT2D eigenvalue weighted by molar-refractivity contribution is 6.33. The highest BCUT2D eigenvalue weighted by atomic mass is 35.5. The largest absolute Gasteiger partial charge is 0.457 e. The molecule has 2 nitrogen and oxygen atoms in total. The standard InChI is InChI=1S/C17H11ClO2/c18-16-6-3-7-17(15(16)11-19)20-14-9-8-12-4-1-2-5-13(12)10-14/h1-11H. The van der Waals surface area contributed by atoms with Crippen molar-refractivity contribution in [3.63, 3.8) is 0 Å². The molecular formula is C17H11ClO2. The molecule has 0 radical (unpaired) electrons. The van der Waals surface area contributed by atoms with Gasteiger partial charge in [-0.15, -0.1) is 0 Å². The molecule has 0 aromatic heterocycles. The van der Waals surface area contributed by atoms with Crippen LogP contribution in [0.2, 0.25) is 5.02 Å². The molecule has 3 aromatic rings. The summed E-state index contributed by atoms with van der Waals surface area (Å²) in [5.41, 5.74) is 0.363. The average Bonchev–Trinajstić information content (AvgIpc) is 2.47. The molecule has 0 spiro atoms. The smallest absolute Gasteiger partial charge is 0.155 e. The second kappa shape index (κ2) is 5.35. The van der Waals surface area contributed by atoms with E-state index in [-0.39, 0.29) is 0 Å². The normalized spacial score (nSPS) is 10.4. The van der Waals surface area contributed by atoms with Gasteiger partial charge in [-0.3, -0.25) is 4.79 Å². The van der Waals surface area contributed by atoms with Crippen LogP contribution >= 0.6 is 11.6 Å². The first-order chi connectivity index (χ1) is 9.78. The van der Waals surface area contributed by atoms with E-state index < -0.39 is 0 Å². The van der Waals surface area contributed by atoms with Crippen molar-refractivity contribution in [2.24, 2.45) is 0 Å². The van der Waals surface area contributed by atoms with Crippen LogP contribution in [0.5, 0.6) is 11.5 Å². The van der Waals surface area contributed by atoms with Gasteiger partial charge in [0.15, 0.2) is 6.29 Å². The first-order valence-corrected chi connectivity index (χ1v) is 6.56. The third-order valence-electron chi connectivity index (χ3n) is 3.08. The summed E-state index contributed by atoms with van der Waals surface area (Å²) in [5, 5.41) is 2.61. The number of hydrogen-bond acceptors (Lipinski definition) is 2. The summed E-state index contributed by atoms with van der Waals surface area (Å²) in [5.74, 6) is 1.14. The quantitative estimate of drug-likeness (QED) is 0.625. The van der Waals surface area contributed by atoms with Gasteiger partial charge in [0.1, 0.15) is 11.5 Å². The van der Waals surface area contributed by atoms with Gasteiger partial charge in [0.25, 0.3) is 0 Å². The van der Waals surface area contributed by atoms with Crippen molar-refractivity contribution in [3.8, 4) is 11.5 Å². The molecule has 20 heavy (non-hydrogen) atoms. The summed E-state index contributed by atoms with van der Waals surface area (Å²) in [7, 11) is 0. The van der Waals surface area contributed by atoms with Crippen molar-refractivity contribution in [3.05, 3.63) is 71.2 Å². The summed E-state index contributed by atoms with van der Waals surface area (Å²) in [4.78, 5) is 11.1. The molecule has 0 bridgehead atoms. The van der Waals surface area contributed by atoms with Gasteiger partial charge in [-0.1, -0.05) is 48.0 Å². The van der Waals surface area contributed by atoms with Crippen LogP contribution in [0.1, 0.15) is 10.4 Å². The molecular weight excluding hydrogens is 272 g/mol. The van der Waals surface area contributed by atoms with Gasteiger partial charge in [-0.2, -0.15) is 0 Å². The number of carbonyl (C=O) groups is 1. The minimum Gasteiger partial charge on any atom is -0.457 e. The minimum atomic E-state index is 0.363. The van der Waals surface area contributed by atoms with E-state index in [4.69, 9.17) is 16.3 Å². The molecule has 3 aromatic carbocycles. The zero-order valence-electron chi connectivity index (χ0n) is 10.5. The summed E-state index contributed by atoms with van der Waals surface area (Å²) >= 11 is 5.98. The van der Waals surface area contributed by atoms with E-state index in [1.165, 1.54) is 0 Å². The van der Waals surface area contributed by atoms with E-state index >= 15 is 0 Å². The summed E-state index contributed by atoms with van der Waals surface area (Å²) in [6.07, 6.45) is 0.707. The topological polar surface area (TPSA) is 26.3 Å². The Morgan fingerprint density at radius 1 is 0.900 bits per heavy atom. The maximum absolute atomic E-state index is 11.1. The van der Waals surface area contributed by atoms with Gasteiger partial charge in [0.05, 0.1) is 10.6 Å². The highest BCUT2D eigenvalue weighted by Gasteiger charge is 2.08. The van der Waals surface area contributed by atoms with Crippen LogP contribution < -0.4 is 4.74 Å². The second-order valence-corrected chi connectivity index (χ2v) is 4.79. The molecule has 3 heteroatoms. The highest BCUT2D eigenvalue weighted by Crippen LogP contribution is 2.30. The van der Waals surface area contributed by atoms with Crippen LogP contribution in [-0.4, -0.2) is 6.29 Å². The van der Waals surface area contributed by atoms with Gasteiger partial charge in [-0.25, -0.2) is 0 Å². The third kappa shape index (κ3) is 2.38. The van der Waals surface area contributed by atoms with Crippen LogP contribution in [0.4, 0.5) is 0 Å². The van der Waals surface area contributed by atoms with E-state index in [9.17, 15) is 4.79 Å². The number of benzene rings is 3. The van der Waals surface area contributed by atoms with Gasteiger partial charge >= 0.3 is 0 Å². The maximum Gasteiger partial charge on any atom is 0.155 e. The fourth-order valence-corrected chi connectivity index (χ4v) is 2.29. The van der Waals surface area contributed by atoms with Gasteiger partial charge in [-0.05, 0) is 35.0 Å². The number of halogens is 1. The molecule has 0 fully saturated rings. The molecule has 0 unspecified atom stereocenters. The first kappa shape index (κ1) is 12.7. The first-order valence-electron chi connectivity index (χ1n) is 6.18. The number of hydrogen-bond donors (Lipinski definition) is 0. The van der Waals surface area contributed by atoms with E-state index in [2.05, 4.69) is 0 Å². The lowest BCUT2D eigenvalue weighted by atomic mass is 10.1. The zero-order chi connectivity index (χ0) is 13.9. The van der Waals surface area contributed by atoms with E-state index in [0.29, 0.717) is 28.4 Å². The Morgan fingerprint density at radius 3 is 2.50 bits per heavy atom. The molecule has 0 atom stereocenters. The number of fused-ring (bicyclic) bond motifs is 1. The monoisotopic (exact) mass is 282 g/mol. The molecule has 0 aliphatic rings. The minimum absolute atomic E-state index is 0.363. The van der Waals surface area contributed by atoms with Crippen LogP contribution in [0, 0.1) is 0 Å². The van der Waals surface area contributed by atoms with Crippen molar-refractivity contribution in [1.29, 1.82) is 0 Å².